The molecule has 2 atom stereocenters. The van der Waals surface area contributed by atoms with Gasteiger partial charge in [-0.25, -0.2) is 0 Å². The highest BCUT2D eigenvalue weighted by atomic mass is 35.5. The molecule has 3 heteroatoms. The van der Waals surface area contributed by atoms with E-state index in [4.69, 9.17) is 11.6 Å². The number of nitrogens with one attached hydrogen (secondary N) is 1. The van der Waals surface area contributed by atoms with Crippen molar-refractivity contribution >= 4 is 17.5 Å². The summed E-state index contributed by atoms with van der Waals surface area (Å²) in [5, 5.41) is 3.36. The fourth-order valence-electron chi connectivity index (χ4n) is 2.60. The van der Waals surface area contributed by atoms with Crippen LogP contribution in [0.1, 0.15) is 46.0 Å². The molecule has 2 rings (SSSR count). The SMILES string of the molecule is CC1(C)CC(Cl)CC(NC(=O)C2CC2)C1. The molecule has 2 aliphatic carbocycles. The topological polar surface area (TPSA) is 29.1 Å². The van der Waals surface area contributed by atoms with Crippen LogP contribution in [0.3, 0.4) is 0 Å². The van der Waals surface area contributed by atoms with Crippen LogP contribution in [0.15, 0.2) is 0 Å². The first kappa shape index (κ1) is 11.3. The maximum absolute atomic E-state index is 11.6. The van der Waals surface area contributed by atoms with Gasteiger partial charge in [-0.05, 0) is 37.5 Å². The quantitative estimate of drug-likeness (QED) is 0.725. The first-order valence-electron chi connectivity index (χ1n) is 5.91. The van der Waals surface area contributed by atoms with Crippen molar-refractivity contribution in [1.82, 2.24) is 5.32 Å². The van der Waals surface area contributed by atoms with Gasteiger partial charge in [-0.1, -0.05) is 13.8 Å². The Bertz CT molecular complexity index is 260. The molecule has 2 fully saturated rings. The Morgan fingerprint density at radius 3 is 2.53 bits per heavy atom. The molecule has 0 heterocycles. The number of amides is 1. The molecule has 0 bridgehead atoms. The molecular formula is C12H20ClNO. The van der Waals surface area contributed by atoms with Crippen molar-refractivity contribution in [3.05, 3.63) is 0 Å². The summed E-state index contributed by atoms with van der Waals surface area (Å²) in [6, 6.07) is 0.296. The molecule has 0 aromatic rings. The van der Waals surface area contributed by atoms with E-state index in [1.807, 2.05) is 0 Å². The Morgan fingerprint density at radius 1 is 1.33 bits per heavy atom. The number of alkyl halides is 1. The number of halogens is 1. The van der Waals surface area contributed by atoms with E-state index in [1.165, 1.54) is 0 Å². The van der Waals surface area contributed by atoms with Crippen LogP contribution in [-0.4, -0.2) is 17.3 Å². The number of rotatable bonds is 2. The summed E-state index contributed by atoms with van der Waals surface area (Å²) in [5.41, 5.74) is 0.270. The first-order chi connectivity index (χ1) is 6.96. The van der Waals surface area contributed by atoms with Gasteiger partial charge in [0, 0.05) is 17.3 Å². The highest BCUT2D eigenvalue weighted by Gasteiger charge is 2.36. The van der Waals surface area contributed by atoms with Crippen LogP contribution in [-0.2, 0) is 4.79 Å². The van der Waals surface area contributed by atoms with Crippen molar-refractivity contribution < 1.29 is 4.79 Å². The molecule has 2 aliphatic rings. The summed E-state index contributed by atoms with van der Waals surface area (Å²) in [5.74, 6) is 0.561. The molecule has 0 radical (unpaired) electrons. The summed E-state index contributed by atoms with van der Waals surface area (Å²) in [6.45, 7) is 4.47. The smallest absolute Gasteiger partial charge is 0.223 e. The Morgan fingerprint density at radius 2 is 2.00 bits per heavy atom. The third kappa shape index (κ3) is 3.10. The van der Waals surface area contributed by atoms with E-state index in [9.17, 15) is 4.79 Å². The van der Waals surface area contributed by atoms with E-state index in [0.717, 1.165) is 32.1 Å². The highest BCUT2D eigenvalue weighted by Crippen LogP contribution is 2.38. The lowest BCUT2D eigenvalue weighted by Crippen LogP contribution is -2.44. The minimum atomic E-state index is 0.221. The molecule has 2 nitrogen and oxygen atoms in total. The van der Waals surface area contributed by atoms with Crippen LogP contribution in [0, 0.1) is 11.3 Å². The maximum atomic E-state index is 11.6. The largest absolute Gasteiger partial charge is 0.353 e. The summed E-state index contributed by atoms with van der Waals surface area (Å²) in [7, 11) is 0. The first-order valence-corrected chi connectivity index (χ1v) is 6.34. The van der Waals surface area contributed by atoms with Crippen molar-refractivity contribution in [2.45, 2.75) is 57.4 Å². The normalized spacial score (nSPS) is 34.9. The van der Waals surface area contributed by atoms with Crippen LogP contribution in [0.5, 0.6) is 0 Å². The van der Waals surface area contributed by atoms with Crippen LogP contribution >= 0.6 is 11.6 Å². The van der Waals surface area contributed by atoms with Gasteiger partial charge in [0.2, 0.25) is 5.91 Å². The average Bonchev–Trinajstić information content (AvgIpc) is 2.80. The molecule has 2 unspecified atom stereocenters. The van der Waals surface area contributed by atoms with Gasteiger partial charge in [-0.3, -0.25) is 4.79 Å². The van der Waals surface area contributed by atoms with E-state index < -0.39 is 0 Å². The van der Waals surface area contributed by atoms with Crippen LogP contribution in [0.25, 0.3) is 0 Å². The predicted molar refractivity (Wildman–Crippen MR) is 61.9 cm³/mol. The van der Waals surface area contributed by atoms with Crippen molar-refractivity contribution in [1.29, 1.82) is 0 Å². The van der Waals surface area contributed by atoms with Gasteiger partial charge in [0.05, 0.1) is 0 Å². The number of carbonyl (C=O) groups excluding carboxylic acids is 1. The second-order valence-corrected chi connectivity index (χ2v) is 6.50. The Hall–Kier alpha value is -0.240. The minimum Gasteiger partial charge on any atom is -0.353 e. The zero-order valence-electron chi connectivity index (χ0n) is 9.55. The van der Waals surface area contributed by atoms with E-state index >= 15 is 0 Å². The van der Waals surface area contributed by atoms with Gasteiger partial charge in [-0.2, -0.15) is 0 Å². The van der Waals surface area contributed by atoms with E-state index in [2.05, 4.69) is 19.2 Å². The fraction of sp³-hybridized carbons (Fsp3) is 0.917. The molecule has 15 heavy (non-hydrogen) atoms. The minimum absolute atomic E-state index is 0.221. The van der Waals surface area contributed by atoms with E-state index in [0.29, 0.717) is 12.0 Å². The molecule has 1 amide bonds. The molecular weight excluding hydrogens is 210 g/mol. The standard InChI is InChI=1S/C12H20ClNO/c1-12(2)6-9(13)5-10(7-12)14-11(15)8-3-4-8/h8-10H,3-7H2,1-2H3,(H,14,15). The molecule has 2 saturated carbocycles. The maximum Gasteiger partial charge on any atom is 0.223 e. The van der Waals surface area contributed by atoms with E-state index in [1.54, 1.807) is 0 Å². The number of carbonyl (C=O) groups is 1. The second-order valence-electron chi connectivity index (χ2n) is 5.89. The molecule has 0 saturated heterocycles. The third-order valence-corrected chi connectivity index (χ3v) is 3.74. The zero-order valence-corrected chi connectivity index (χ0v) is 10.3. The van der Waals surface area contributed by atoms with E-state index in [-0.39, 0.29) is 16.7 Å². The van der Waals surface area contributed by atoms with Gasteiger partial charge in [0.15, 0.2) is 0 Å². The van der Waals surface area contributed by atoms with Crippen molar-refractivity contribution in [2.24, 2.45) is 11.3 Å². The Balaban J connectivity index is 1.88. The molecule has 0 aromatic heterocycles. The third-order valence-electron chi connectivity index (χ3n) is 3.41. The van der Waals surface area contributed by atoms with Gasteiger partial charge in [-0.15, -0.1) is 11.6 Å². The molecule has 1 N–H and O–H groups in total. The number of hydrogen-bond acceptors (Lipinski definition) is 1. The monoisotopic (exact) mass is 229 g/mol. The van der Waals surface area contributed by atoms with Gasteiger partial charge in [0.25, 0.3) is 0 Å². The van der Waals surface area contributed by atoms with Gasteiger partial charge < -0.3 is 5.32 Å². The average molecular weight is 230 g/mol. The van der Waals surface area contributed by atoms with Crippen molar-refractivity contribution in [3.8, 4) is 0 Å². The summed E-state index contributed by atoms with van der Waals surface area (Å²) >= 11 is 6.22. The molecule has 86 valence electrons. The lowest BCUT2D eigenvalue weighted by Gasteiger charge is -2.38. The van der Waals surface area contributed by atoms with Gasteiger partial charge >= 0.3 is 0 Å². The van der Waals surface area contributed by atoms with Crippen LogP contribution in [0.4, 0.5) is 0 Å². The fourth-order valence-corrected chi connectivity index (χ4v) is 3.23. The zero-order chi connectivity index (χ0) is 11.1. The Labute approximate surface area is 96.8 Å². The summed E-state index contributed by atoms with van der Waals surface area (Å²) in [6.07, 6.45) is 5.21. The lowest BCUT2D eigenvalue weighted by atomic mass is 9.75. The lowest BCUT2D eigenvalue weighted by molar-refractivity contribution is -0.123. The molecule has 0 spiro atoms. The summed E-state index contributed by atoms with van der Waals surface area (Å²) < 4.78 is 0. The second kappa shape index (κ2) is 3.97. The molecule has 0 aromatic carbocycles. The molecule has 0 aliphatic heterocycles. The highest BCUT2D eigenvalue weighted by molar-refractivity contribution is 6.20. The van der Waals surface area contributed by atoms with Crippen LogP contribution in [0.2, 0.25) is 0 Å². The van der Waals surface area contributed by atoms with Crippen LogP contribution < -0.4 is 5.32 Å². The number of hydrogen-bond donors (Lipinski definition) is 1. The van der Waals surface area contributed by atoms with Crippen molar-refractivity contribution in [2.75, 3.05) is 0 Å². The predicted octanol–water partition coefficient (Wildman–Crippen LogP) is 2.70. The Kier molecular flexibility index (Phi) is 2.98. The van der Waals surface area contributed by atoms with Crippen molar-refractivity contribution in [3.63, 3.8) is 0 Å². The van der Waals surface area contributed by atoms with Gasteiger partial charge in [0.1, 0.15) is 0 Å². The summed E-state index contributed by atoms with van der Waals surface area (Å²) in [4.78, 5) is 11.6.